The summed E-state index contributed by atoms with van der Waals surface area (Å²) in [6.07, 6.45) is 10.8. The summed E-state index contributed by atoms with van der Waals surface area (Å²) < 4.78 is 0. The van der Waals surface area contributed by atoms with Gasteiger partial charge in [0.15, 0.2) is 0 Å². The van der Waals surface area contributed by atoms with E-state index in [0.717, 1.165) is 23.3 Å². The predicted octanol–water partition coefficient (Wildman–Crippen LogP) is 5.22. The number of pyridine rings is 1. The van der Waals surface area contributed by atoms with Crippen molar-refractivity contribution in [2.45, 2.75) is 57.8 Å². The number of halogens is 1. The molecule has 6 rings (SSSR count). The molecule has 2 aromatic rings. The molecule has 0 atom stereocenters. The molecule has 0 aliphatic heterocycles. The van der Waals surface area contributed by atoms with Gasteiger partial charge in [0.2, 0.25) is 5.91 Å². The number of benzene rings is 1. The average molecular weight is 452 g/mol. The largest absolute Gasteiger partial charge is 0.397 e. The van der Waals surface area contributed by atoms with Gasteiger partial charge in [-0.3, -0.25) is 9.59 Å². The lowest BCUT2D eigenvalue weighted by Gasteiger charge is -2.56. The number of hydrogen-bond donors (Lipinski definition) is 2. The van der Waals surface area contributed by atoms with Gasteiger partial charge in [-0.2, -0.15) is 0 Å². The highest BCUT2D eigenvalue weighted by molar-refractivity contribution is 6.30. The summed E-state index contributed by atoms with van der Waals surface area (Å²) in [5.41, 5.74) is 9.04. The molecule has 1 aromatic heterocycles. The summed E-state index contributed by atoms with van der Waals surface area (Å²) in [5.74, 6) is 2.67. The number of nitrogens with one attached hydrogen (secondary N) is 1. The van der Waals surface area contributed by atoms with Crippen molar-refractivity contribution in [2.75, 3.05) is 11.1 Å². The first-order valence-corrected chi connectivity index (χ1v) is 12.0. The monoisotopic (exact) mass is 451 g/mol. The predicted molar refractivity (Wildman–Crippen MR) is 126 cm³/mol. The van der Waals surface area contributed by atoms with Gasteiger partial charge in [-0.05, 0) is 91.0 Å². The van der Waals surface area contributed by atoms with Gasteiger partial charge in [0, 0.05) is 19.0 Å². The quantitative estimate of drug-likeness (QED) is 0.446. The molecule has 0 radical (unpaired) electrons. The molecule has 1 aromatic carbocycles. The molecule has 0 unspecified atom stereocenters. The van der Waals surface area contributed by atoms with E-state index in [-0.39, 0.29) is 17.7 Å². The molecule has 0 saturated heterocycles. The van der Waals surface area contributed by atoms with Crippen molar-refractivity contribution in [3.63, 3.8) is 0 Å². The van der Waals surface area contributed by atoms with Crippen molar-refractivity contribution in [2.24, 2.45) is 23.2 Å². The van der Waals surface area contributed by atoms with Crippen LogP contribution in [-0.4, -0.2) is 16.7 Å². The van der Waals surface area contributed by atoms with Crippen LogP contribution in [0.15, 0.2) is 36.5 Å². The molecule has 1 heterocycles. The minimum atomic E-state index is -0.211. The summed E-state index contributed by atoms with van der Waals surface area (Å²) >= 11 is 6.04. The zero-order valence-corrected chi connectivity index (χ0v) is 19.0. The lowest BCUT2D eigenvalue weighted by molar-refractivity contribution is -0.126. The standard InChI is InChI=1S/C26H30ClN3O2/c27-25-20(2-1-5-29-25)11-24(32)30-23-4-3-16(10-22(23)28)9-21(31)15-26-12-17-6-18(13-26)8-19(7-17)14-26/h1-5,10,17-19H,6-9,11-15,28H2,(H,30,32). The Hall–Kier alpha value is -2.40. The molecule has 32 heavy (non-hydrogen) atoms. The summed E-state index contributed by atoms with van der Waals surface area (Å²) in [5, 5.41) is 3.16. The van der Waals surface area contributed by atoms with Gasteiger partial charge < -0.3 is 11.1 Å². The Morgan fingerprint density at radius 3 is 2.38 bits per heavy atom. The zero-order valence-electron chi connectivity index (χ0n) is 18.3. The highest BCUT2D eigenvalue weighted by Gasteiger charge is 2.51. The molecule has 4 saturated carbocycles. The van der Waals surface area contributed by atoms with Crippen LogP contribution in [-0.2, 0) is 22.4 Å². The highest BCUT2D eigenvalue weighted by atomic mass is 35.5. The van der Waals surface area contributed by atoms with Gasteiger partial charge in [0.1, 0.15) is 10.9 Å². The molecule has 1 amide bonds. The number of amides is 1. The van der Waals surface area contributed by atoms with Gasteiger partial charge in [0.05, 0.1) is 17.8 Å². The minimum Gasteiger partial charge on any atom is -0.397 e. The molecular weight excluding hydrogens is 422 g/mol. The maximum atomic E-state index is 13.0. The summed E-state index contributed by atoms with van der Waals surface area (Å²) in [4.78, 5) is 29.4. The van der Waals surface area contributed by atoms with E-state index in [1.165, 1.54) is 38.5 Å². The number of carbonyl (C=O) groups is 2. The van der Waals surface area contributed by atoms with Gasteiger partial charge in [0.25, 0.3) is 0 Å². The van der Waals surface area contributed by atoms with Crippen molar-refractivity contribution in [3.05, 3.63) is 52.8 Å². The Morgan fingerprint density at radius 2 is 1.75 bits per heavy atom. The summed E-state index contributed by atoms with van der Waals surface area (Å²) in [6, 6.07) is 9.01. The maximum Gasteiger partial charge on any atom is 0.228 e. The molecule has 5 nitrogen and oxygen atoms in total. The number of hydrogen-bond acceptors (Lipinski definition) is 4. The van der Waals surface area contributed by atoms with E-state index in [0.29, 0.717) is 40.7 Å². The Labute approximate surface area is 194 Å². The lowest BCUT2D eigenvalue weighted by Crippen LogP contribution is -2.47. The third-order valence-corrected chi connectivity index (χ3v) is 8.06. The summed E-state index contributed by atoms with van der Waals surface area (Å²) in [6.45, 7) is 0. The van der Waals surface area contributed by atoms with Crippen molar-refractivity contribution in [1.82, 2.24) is 4.98 Å². The van der Waals surface area contributed by atoms with Crippen molar-refractivity contribution in [1.29, 1.82) is 0 Å². The van der Waals surface area contributed by atoms with Crippen molar-refractivity contribution in [3.8, 4) is 0 Å². The second-order valence-electron chi connectivity index (χ2n) is 10.4. The fourth-order valence-corrected chi connectivity index (χ4v) is 7.16. The van der Waals surface area contributed by atoms with Crippen LogP contribution in [0.1, 0.15) is 56.1 Å². The number of carbonyl (C=O) groups excluding carboxylic acids is 2. The van der Waals surface area contributed by atoms with E-state index in [4.69, 9.17) is 17.3 Å². The number of nitrogens with zero attached hydrogens (tertiary/aromatic N) is 1. The number of nitrogens with two attached hydrogens (primary N) is 1. The van der Waals surface area contributed by atoms with E-state index >= 15 is 0 Å². The van der Waals surface area contributed by atoms with Crippen LogP contribution < -0.4 is 11.1 Å². The number of rotatable bonds is 7. The van der Waals surface area contributed by atoms with Gasteiger partial charge in [-0.1, -0.05) is 23.7 Å². The van der Waals surface area contributed by atoms with E-state index in [2.05, 4.69) is 10.3 Å². The Bertz CT molecular complexity index is 1020. The number of Topliss-reactive ketones (excluding diaryl/α,β-unsaturated/α-hetero) is 1. The van der Waals surface area contributed by atoms with Gasteiger partial charge in [-0.15, -0.1) is 0 Å². The van der Waals surface area contributed by atoms with Crippen molar-refractivity contribution >= 4 is 34.7 Å². The van der Waals surface area contributed by atoms with E-state index in [9.17, 15) is 9.59 Å². The molecular formula is C26H30ClN3O2. The fraction of sp³-hybridized carbons (Fsp3) is 0.500. The molecule has 3 N–H and O–H groups in total. The topological polar surface area (TPSA) is 85.1 Å². The molecule has 6 heteroatoms. The van der Waals surface area contributed by atoms with E-state index in [1.807, 2.05) is 12.1 Å². The fourth-order valence-electron chi connectivity index (χ4n) is 6.97. The third kappa shape index (κ3) is 4.54. The molecule has 4 aliphatic rings. The SMILES string of the molecule is Nc1cc(CC(=O)CC23CC4CC(CC(C4)C2)C3)ccc1NC(=O)Cc1cccnc1Cl. The normalized spacial score (nSPS) is 28.0. The first-order chi connectivity index (χ1) is 15.4. The van der Waals surface area contributed by atoms with Crippen molar-refractivity contribution < 1.29 is 9.59 Å². The number of ketones is 1. The van der Waals surface area contributed by atoms with Crippen LogP contribution in [0, 0.1) is 23.2 Å². The molecule has 168 valence electrons. The Kier molecular flexibility index (Phi) is 5.70. The smallest absolute Gasteiger partial charge is 0.228 e. The van der Waals surface area contributed by atoms with Crippen LogP contribution in [0.4, 0.5) is 11.4 Å². The molecule has 4 bridgehead atoms. The third-order valence-electron chi connectivity index (χ3n) is 7.72. The number of nitrogen functional groups attached to an aromatic ring is 1. The van der Waals surface area contributed by atoms with Crippen LogP contribution in [0.2, 0.25) is 5.15 Å². The van der Waals surface area contributed by atoms with Crippen LogP contribution >= 0.6 is 11.6 Å². The molecule has 4 fully saturated rings. The average Bonchev–Trinajstić information content (AvgIpc) is 2.70. The van der Waals surface area contributed by atoms with E-state index < -0.39 is 0 Å². The van der Waals surface area contributed by atoms with Crippen LogP contribution in [0.3, 0.4) is 0 Å². The lowest BCUT2D eigenvalue weighted by atomic mass is 9.48. The first kappa shape index (κ1) is 21.4. The minimum absolute atomic E-state index is 0.122. The van der Waals surface area contributed by atoms with Crippen LogP contribution in [0.25, 0.3) is 0 Å². The second kappa shape index (κ2) is 8.51. The van der Waals surface area contributed by atoms with Crippen LogP contribution in [0.5, 0.6) is 0 Å². The number of anilines is 2. The van der Waals surface area contributed by atoms with Gasteiger partial charge >= 0.3 is 0 Å². The number of aromatic nitrogens is 1. The zero-order chi connectivity index (χ0) is 22.3. The Balaban J connectivity index is 1.19. The van der Waals surface area contributed by atoms with E-state index in [1.54, 1.807) is 24.4 Å². The first-order valence-electron chi connectivity index (χ1n) is 11.7. The summed E-state index contributed by atoms with van der Waals surface area (Å²) in [7, 11) is 0. The van der Waals surface area contributed by atoms with Gasteiger partial charge in [-0.25, -0.2) is 4.98 Å². The Morgan fingerprint density at radius 1 is 1.06 bits per heavy atom. The molecule has 0 spiro atoms. The highest BCUT2D eigenvalue weighted by Crippen LogP contribution is 2.61. The molecule has 4 aliphatic carbocycles. The maximum absolute atomic E-state index is 13.0. The second-order valence-corrected chi connectivity index (χ2v) is 10.8.